The van der Waals surface area contributed by atoms with Gasteiger partial charge in [-0.2, -0.15) is 5.10 Å². The number of benzene rings is 1. The fraction of sp³-hybridized carbons (Fsp3) is 0.125. The lowest BCUT2D eigenvalue weighted by molar-refractivity contribution is 0.0947. The van der Waals surface area contributed by atoms with Gasteiger partial charge >= 0.3 is 0 Å². The first-order valence-corrected chi connectivity index (χ1v) is 6.59. The maximum absolute atomic E-state index is 12.2. The first-order chi connectivity index (χ1) is 10.1. The number of rotatable bonds is 3. The van der Waals surface area contributed by atoms with E-state index < -0.39 is 0 Å². The van der Waals surface area contributed by atoms with E-state index in [2.05, 4.69) is 10.5 Å². The van der Waals surface area contributed by atoms with Crippen molar-refractivity contribution in [3.63, 3.8) is 0 Å². The summed E-state index contributed by atoms with van der Waals surface area (Å²) >= 11 is 0. The molecule has 2 aromatic heterocycles. The number of amides is 1. The Kier molecular flexibility index (Phi) is 3.31. The Bertz CT molecular complexity index is 827. The number of fused-ring (bicyclic) bond motifs is 1. The predicted molar refractivity (Wildman–Crippen MR) is 81.4 cm³/mol. The number of nitrogens with zero attached hydrogens (tertiary/aromatic N) is 2. The van der Waals surface area contributed by atoms with Crippen molar-refractivity contribution >= 4 is 23.0 Å². The highest BCUT2D eigenvalue weighted by Crippen LogP contribution is 2.18. The maximum Gasteiger partial charge on any atom is 0.287 e. The molecule has 0 aliphatic carbocycles. The van der Waals surface area contributed by atoms with Gasteiger partial charge in [0.2, 0.25) is 0 Å². The van der Waals surface area contributed by atoms with Crippen LogP contribution in [0.2, 0.25) is 0 Å². The van der Waals surface area contributed by atoms with Gasteiger partial charge in [-0.15, -0.1) is 0 Å². The Morgan fingerprint density at radius 3 is 2.81 bits per heavy atom. The fourth-order valence-electron chi connectivity index (χ4n) is 2.24. The van der Waals surface area contributed by atoms with E-state index in [4.69, 9.17) is 4.42 Å². The number of carbonyl (C=O) groups is 1. The lowest BCUT2D eigenvalue weighted by Gasteiger charge is -2.02. The molecule has 106 valence electrons. The lowest BCUT2D eigenvalue weighted by atomic mass is 10.2. The Morgan fingerprint density at radius 1 is 1.29 bits per heavy atom. The van der Waals surface area contributed by atoms with Crippen molar-refractivity contribution in [3.05, 3.63) is 59.7 Å². The molecule has 0 radical (unpaired) electrons. The minimum absolute atomic E-state index is 0.256. The van der Waals surface area contributed by atoms with E-state index >= 15 is 0 Å². The van der Waals surface area contributed by atoms with Gasteiger partial charge < -0.3 is 8.98 Å². The lowest BCUT2D eigenvalue weighted by Crippen LogP contribution is -2.20. The Morgan fingerprint density at radius 2 is 2.10 bits per heavy atom. The first kappa shape index (κ1) is 13.2. The molecule has 0 bridgehead atoms. The zero-order valence-corrected chi connectivity index (χ0v) is 11.8. The molecule has 0 saturated heterocycles. The second-order valence-electron chi connectivity index (χ2n) is 4.79. The van der Waals surface area contributed by atoms with E-state index in [1.165, 1.54) is 6.21 Å². The van der Waals surface area contributed by atoms with E-state index in [1.807, 2.05) is 54.9 Å². The number of nitrogens with one attached hydrogen (secondary N) is 1. The summed E-state index contributed by atoms with van der Waals surface area (Å²) in [4.78, 5) is 12.2. The van der Waals surface area contributed by atoms with Crippen LogP contribution in [0, 0.1) is 6.92 Å². The van der Waals surface area contributed by atoms with Crippen LogP contribution in [0.1, 0.15) is 22.0 Å². The maximum atomic E-state index is 12.2. The van der Waals surface area contributed by atoms with Gasteiger partial charge in [0.1, 0.15) is 17.2 Å². The topological polar surface area (TPSA) is 59.5 Å². The second-order valence-corrected chi connectivity index (χ2v) is 4.79. The molecular formula is C16H15N3O2. The molecule has 5 heteroatoms. The monoisotopic (exact) mass is 281 g/mol. The molecule has 5 nitrogen and oxygen atoms in total. The van der Waals surface area contributed by atoms with Gasteiger partial charge in [-0.3, -0.25) is 4.79 Å². The molecule has 0 unspecified atom stereocenters. The Hall–Kier alpha value is -2.82. The third kappa shape index (κ3) is 2.58. The van der Waals surface area contributed by atoms with Gasteiger partial charge in [-0.25, -0.2) is 5.43 Å². The molecule has 0 saturated carbocycles. The highest BCUT2D eigenvalue weighted by molar-refractivity contribution is 5.98. The van der Waals surface area contributed by atoms with Crippen molar-refractivity contribution in [3.8, 4) is 0 Å². The van der Waals surface area contributed by atoms with Crippen LogP contribution < -0.4 is 5.43 Å². The van der Waals surface area contributed by atoms with Gasteiger partial charge in [0, 0.05) is 18.0 Å². The molecule has 0 aliphatic rings. The number of hydrogen-bond donors (Lipinski definition) is 1. The molecule has 0 atom stereocenters. The van der Waals surface area contributed by atoms with Crippen LogP contribution in [0.4, 0.5) is 0 Å². The van der Waals surface area contributed by atoms with E-state index in [9.17, 15) is 4.79 Å². The van der Waals surface area contributed by atoms with Gasteiger partial charge in [0.05, 0.1) is 6.21 Å². The minimum atomic E-state index is -0.256. The summed E-state index contributed by atoms with van der Waals surface area (Å²) in [6.45, 7) is 1.85. The zero-order chi connectivity index (χ0) is 14.8. The van der Waals surface area contributed by atoms with E-state index in [0.717, 1.165) is 16.7 Å². The normalized spacial score (nSPS) is 11.3. The summed E-state index contributed by atoms with van der Waals surface area (Å²) in [5.41, 5.74) is 4.08. The summed E-state index contributed by atoms with van der Waals surface area (Å²) in [5.74, 6) is 1.15. The molecule has 0 spiro atoms. The van der Waals surface area contributed by atoms with Crippen LogP contribution in [0.25, 0.3) is 10.9 Å². The molecule has 21 heavy (non-hydrogen) atoms. The smallest absolute Gasteiger partial charge is 0.287 e. The summed E-state index contributed by atoms with van der Waals surface area (Å²) in [5, 5.41) is 4.93. The van der Waals surface area contributed by atoms with Crippen LogP contribution in [0.3, 0.4) is 0 Å². The number of aryl methyl sites for hydroxylation is 2. The van der Waals surface area contributed by atoms with Crippen molar-refractivity contribution in [2.45, 2.75) is 6.92 Å². The molecule has 0 fully saturated rings. The summed E-state index contributed by atoms with van der Waals surface area (Å²) in [6, 6.07) is 13.3. The zero-order valence-electron chi connectivity index (χ0n) is 11.8. The van der Waals surface area contributed by atoms with E-state index in [1.54, 1.807) is 6.07 Å². The predicted octanol–water partition coefficient (Wildman–Crippen LogP) is 2.84. The minimum Gasteiger partial charge on any atom is -0.460 e. The van der Waals surface area contributed by atoms with E-state index in [0.29, 0.717) is 11.5 Å². The second kappa shape index (κ2) is 5.28. The molecule has 3 aromatic rings. The van der Waals surface area contributed by atoms with Crippen LogP contribution in [-0.4, -0.2) is 16.7 Å². The van der Waals surface area contributed by atoms with Crippen molar-refractivity contribution in [2.75, 3.05) is 0 Å². The highest BCUT2D eigenvalue weighted by Gasteiger charge is 2.12. The van der Waals surface area contributed by atoms with Gasteiger partial charge in [-0.05, 0) is 31.2 Å². The number of furan rings is 1. The Labute approximate surface area is 121 Å². The molecular weight excluding hydrogens is 266 g/mol. The molecule has 3 rings (SSSR count). The number of aromatic nitrogens is 1. The fourth-order valence-corrected chi connectivity index (χ4v) is 2.24. The average molecular weight is 281 g/mol. The van der Waals surface area contributed by atoms with Gasteiger partial charge in [-0.1, -0.05) is 18.2 Å². The van der Waals surface area contributed by atoms with Crippen molar-refractivity contribution in [1.29, 1.82) is 0 Å². The van der Waals surface area contributed by atoms with Crippen LogP contribution in [0.15, 0.2) is 52.0 Å². The Balaban J connectivity index is 1.78. The average Bonchev–Trinajstić information content (AvgIpc) is 3.03. The number of carbonyl (C=O) groups excluding carboxylic acids is 1. The molecule has 1 N–H and O–H groups in total. The largest absolute Gasteiger partial charge is 0.460 e. The molecule has 2 heterocycles. The number of para-hydroxylation sites is 1. The molecule has 0 aliphatic heterocycles. The van der Waals surface area contributed by atoms with Crippen molar-refractivity contribution in [1.82, 2.24) is 9.99 Å². The van der Waals surface area contributed by atoms with E-state index in [-0.39, 0.29) is 5.91 Å². The quantitative estimate of drug-likeness (QED) is 0.593. The van der Waals surface area contributed by atoms with Gasteiger partial charge in [0.25, 0.3) is 5.91 Å². The van der Waals surface area contributed by atoms with Crippen molar-refractivity contribution in [2.24, 2.45) is 12.1 Å². The summed E-state index contributed by atoms with van der Waals surface area (Å²) in [7, 11) is 1.86. The number of hydrazone groups is 1. The number of hydrogen-bond acceptors (Lipinski definition) is 3. The molecule has 1 aromatic carbocycles. The third-order valence-electron chi connectivity index (χ3n) is 3.30. The van der Waals surface area contributed by atoms with Crippen LogP contribution in [-0.2, 0) is 7.05 Å². The standard InChI is InChI=1S/C16H15N3O2/c1-11-7-8-13(21-11)10-17-18-16(20)15-9-12-5-3-4-6-14(12)19(15)2/h3-10H,1-2H3,(H,18,20)/b17-10+. The van der Waals surface area contributed by atoms with Crippen LogP contribution in [0.5, 0.6) is 0 Å². The first-order valence-electron chi connectivity index (χ1n) is 6.59. The summed E-state index contributed by atoms with van der Waals surface area (Å²) in [6.07, 6.45) is 1.48. The third-order valence-corrected chi connectivity index (χ3v) is 3.30. The SMILES string of the molecule is Cc1ccc(/C=N/NC(=O)c2cc3ccccc3n2C)o1. The summed E-state index contributed by atoms with van der Waals surface area (Å²) < 4.78 is 7.18. The van der Waals surface area contributed by atoms with Gasteiger partial charge in [0.15, 0.2) is 0 Å². The highest BCUT2D eigenvalue weighted by atomic mass is 16.3. The van der Waals surface area contributed by atoms with Crippen LogP contribution >= 0.6 is 0 Å². The molecule has 1 amide bonds. The van der Waals surface area contributed by atoms with Crippen molar-refractivity contribution < 1.29 is 9.21 Å².